The molecule has 2 aromatic carbocycles. The molecule has 1 N–H and O–H groups in total. The Kier molecular flexibility index (Phi) is 3.66. The molecule has 3 aromatic rings. The molecule has 0 amide bonds. The van der Waals surface area contributed by atoms with Gasteiger partial charge in [-0.25, -0.2) is 4.98 Å². The molecule has 0 saturated carbocycles. The highest BCUT2D eigenvalue weighted by Crippen LogP contribution is 2.32. The first-order valence-corrected chi connectivity index (χ1v) is 7.47. The molecular formula is C15H9Cl2NOS. The minimum absolute atomic E-state index is 0.245. The summed E-state index contributed by atoms with van der Waals surface area (Å²) < 4.78 is 0. The van der Waals surface area contributed by atoms with Crippen LogP contribution in [0.5, 0.6) is 5.75 Å². The second-order valence-electron chi connectivity index (χ2n) is 4.21. The summed E-state index contributed by atoms with van der Waals surface area (Å²) in [5.41, 5.74) is 2.76. The van der Waals surface area contributed by atoms with Crippen molar-refractivity contribution in [2.75, 3.05) is 0 Å². The third-order valence-electron chi connectivity index (χ3n) is 2.83. The van der Waals surface area contributed by atoms with Crippen molar-refractivity contribution in [2.24, 2.45) is 0 Å². The van der Waals surface area contributed by atoms with Crippen molar-refractivity contribution in [3.05, 3.63) is 57.9 Å². The number of aromatic nitrogens is 1. The summed E-state index contributed by atoms with van der Waals surface area (Å²) in [5.74, 6) is 0.245. The summed E-state index contributed by atoms with van der Waals surface area (Å²) in [6, 6.07) is 12.4. The highest BCUT2D eigenvalue weighted by Gasteiger charge is 2.08. The van der Waals surface area contributed by atoms with Gasteiger partial charge in [-0.3, -0.25) is 0 Å². The van der Waals surface area contributed by atoms with Crippen molar-refractivity contribution in [1.29, 1.82) is 0 Å². The molecule has 0 aliphatic rings. The van der Waals surface area contributed by atoms with Crippen LogP contribution in [-0.4, -0.2) is 10.1 Å². The number of hydrogen-bond donors (Lipinski definition) is 1. The summed E-state index contributed by atoms with van der Waals surface area (Å²) in [6.07, 6.45) is 0. The van der Waals surface area contributed by atoms with Gasteiger partial charge >= 0.3 is 0 Å². The molecule has 1 aromatic heterocycles. The molecule has 5 heteroatoms. The Balaban J connectivity index is 1.97. The Morgan fingerprint density at radius 3 is 2.30 bits per heavy atom. The lowest BCUT2D eigenvalue weighted by Crippen LogP contribution is -1.80. The molecule has 0 atom stereocenters. The molecule has 0 aliphatic carbocycles. The zero-order valence-corrected chi connectivity index (χ0v) is 12.5. The number of rotatable bonds is 2. The van der Waals surface area contributed by atoms with Crippen LogP contribution in [0.3, 0.4) is 0 Å². The Morgan fingerprint density at radius 1 is 0.900 bits per heavy atom. The lowest BCUT2D eigenvalue weighted by atomic mass is 10.2. The van der Waals surface area contributed by atoms with Crippen molar-refractivity contribution < 1.29 is 5.11 Å². The fraction of sp³-hybridized carbons (Fsp3) is 0. The predicted octanol–water partition coefficient (Wildman–Crippen LogP) is 5.49. The fourth-order valence-electron chi connectivity index (χ4n) is 1.80. The van der Waals surface area contributed by atoms with Crippen LogP contribution in [0, 0.1) is 0 Å². The number of hydrogen-bond acceptors (Lipinski definition) is 3. The van der Waals surface area contributed by atoms with Gasteiger partial charge in [0, 0.05) is 16.5 Å². The van der Waals surface area contributed by atoms with E-state index >= 15 is 0 Å². The molecule has 0 fully saturated rings. The monoisotopic (exact) mass is 321 g/mol. The Labute approximate surface area is 130 Å². The van der Waals surface area contributed by atoms with Crippen LogP contribution in [0.1, 0.15) is 0 Å². The standard InChI is InChI=1S/C15H9Cl2NOS/c16-12-6-3-10(7-13(12)17)14-8-20-15(18-14)9-1-4-11(19)5-2-9/h1-8,19H. The first kappa shape index (κ1) is 13.4. The number of phenolic OH excluding ortho intramolecular Hbond substituents is 1. The zero-order chi connectivity index (χ0) is 14.1. The molecule has 0 bridgehead atoms. The molecule has 0 aliphatic heterocycles. The van der Waals surface area contributed by atoms with Gasteiger partial charge in [-0.05, 0) is 36.4 Å². The van der Waals surface area contributed by atoms with Gasteiger partial charge in [-0.15, -0.1) is 11.3 Å². The number of halogens is 2. The van der Waals surface area contributed by atoms with E-state index in [0.29, 0.717) is 10.0 Å². The minimum atomic E-state index is 0.245. The van der Waals surface area contributed by atoms with Crippen LogP contribution in [0.25, 0.3) is 21.8 Å². The van der Waals surface area contributed by atoms with E-state index in [4.69, 9.17) is 23.2 Å². The predicted molar refractivity (Wildman–Crippen MR) is 84.7 cm³/mol. The maximum absolute atomic E-state index is 9.30. The van der Waals surface area contributed by atoms with E-state index in [1.165, 1.54) is 0 Å². The largest absolute Gasteiger partial charge is 0.508 e. The summed E-state index contributed by atoms with van der Waals surface area (Å²) in [4.78, 5) is 4.59. The maximum Gasteiger partial charge on any atom is 0.124 e. The average molecular weight is 322 g/mol. The second kappa shape index (κ2) is 5.44. The summed E-state index contributed by atoms with van der Waals surface area (Å²) in [7, 11) is 0. The van der Waals surface area contributed by atoms with Crippen LogP contribution in [-0.2, 0) is 0 Å². The second-order valence-corrected chi connectivity index (χ2v) is 5.89. The molecule has 100 valence electrons. The van der Waals surface area contributed by atoms with E-state index < -0.39 is 0 Å². The molecular weight excluding hydrogens is 313 g/mol. The van der Waals surface area contributed by atoms with Gasteiger partial charge in [-0.2, -0.15) is 0 Å². The van der Waals surface area contributed by atoms with E-state index in [9.17, 15) is 5.11 Å². The maximum atomic E-state index is 9.30. The van der Waals surface area contributed by atoms with Crippen molar-refractivity contribution in [1.82, 2.24) is 4.98 Å². The normalized spacial score (nSPS) is 10.7. The van der Waals surface area contributed by atoms with Gasteiger partial charge in [-0.1, -0.05) is 29.3 Å². The van der Waals surface area contributed by atoms with Crippen molar-refractivity contribution in [3.63, 3.8) is 0 Å². The highest BCUT2D eigenvalue weighted by molar-refractivity contribution is 7.13. The van der Waals surface area contributed by atoms with Gasteiger partial charge in [0.05, 0.1) is 15.7 Å². The molecule has 0 spiro atoms. The fourth-order valence-corrected chi connectivity index (χ4v) is 2.93. The van der Waals surface area contributed by atoms with E-state index in [1.807, 2.05) is 23.6 Å². The molecule has 0 saturated heterocycles. The van der Waals surface area contributed by atoms with E-state index in [1.54, 1.807) is 35.6 Å². The van der Waals surface area contributed by atoms with Crippen LogP contribution in [0.15, 0.2) is 47.8 Å². The van der Waals surface area contributed by atoms with Crippen molar-refractivity contribution in [3.8, 4) is 27.6 Å². The Bertz CT molecular complexity index is 753. The number of aromatic hydroxyl groups is 1. The number of benzene rings is 2. The Morgan fingerprint density at radius 2 is 1.60 bits per heavy atom. The SMILES string of the molecule is Oc1ccc(-c2nc(-c3ccc(Cl)c(Cl)c3)cs2)cc1. The first-order valence-electron chi connectivity index (χ1n) is 5.84. The molecule has 0 unspecified atom stereocenters. The molecule has 0 radical (unpaired) electrons. The molecule has 1 heterocycles. The lowest BCUT2D eigenvalue weighted by Gasteiger charge is -2.00. The third-order valence-corrected chi connectivity index (χ3v) is 4.46. The summed E-state index contributed by atoms with van der Waals surface area (Å²) in [5, 5.41) is 13.2. The molecule has 2 nitrogen and oxygen atoms in total. The quantitative estimate of drug-likeness (QED) is 0.677. The van der Waals surface area contributed by atoms with Crippen LogP contribution in [0.2, 0.25) is 10.0 Å². The van der Waals surface area contributed by atoms with E-state index in [0.717, 1.165) is 21.8 Å². The highest BCUT2D eigenvalue weighted by atomic mass is 35.5. The topological polar surface area (TPSA) is 33.1 Å². The third kappa shape index (κ3) is 2.66. The molecule has 3 rings (SSSR count). The van der Waals surface area contributed by atoms with Gasteiger partial charge in [0.2, 0.25) is 0 Å². The zero-order valence-electron chi connectivity index (χ0n) is 10.2. The minimum Gasteiger partial charge on any atom is -0.508 e. The summed E-state index contributed by atoms with van der Waals surface area (Å²) in [6.45, 7) is 0. The summed E-state index contributed by atoms with van der Waals surface area (Å²) >= 11 is 13.5. The van der Waals surface area contributed by atoms with Gasteiger partial charge < -0.3 is 5.11 Å². The van der Waals surface area contributed by atoms with Crippen molar-refractivity contribution >= 4 is 34.5 Å². The number of thiazole rings is 1. The smallest absolute Gasteiger partial charge is 0.124 e. The van der Waals surface area contributed by atoms with Crippen LogP contribution in [0.4, 0.5) is 0 Å². The Hall–Kier alpha value is -1.55. The number of phenols is 1. The first-order chi connectivity index (χ1) is 9.63. The van der Waals surface area contributed by atoms with E-state index in [-0.39, 0.29) is 5.75 Å². The number of nitrogens with zero attached hydrogens (tertiary/aromatic N) is 1. The average Bonchev–Trinajstić information content (AvgIpc) is 2.92. The van der Waals surface area contributed by atoms with Crippen LogP contribution < -0.4 is 0 Å². The van der Waals surface area contributed by atoms with Gasteiger partial charge in [0.1, 0.15) is 10.8 Å². The van der Waals surface area contributed by atoms with Crippen molar-refractivity contribution in [2.45, 2.75) is 0 Å². The van der Waals surface area contributed by atoms with Crippen LogP contribution >= 0.6 is 34.5 Å². The lowest BCUT2D eigenvalue weighted by molar-refractivity contribution is 0.475. The van der Waals surface area contributed by atoms with Gasteiger partial charge in [0.15, 0.2) is 0 Å². The van der Waals surface area contributed by atoms with Gasteiger partial charge in [0.25, 0.3) is 0 Å². The van der Waals surface area contributed by atoms with E-state index in [2.05, 4.69) is 4.98 Å². The molecule has 20 heavy (non-hydrogen) atoms.